The SMILES string of the molecule is CSc1ncc(C(=O)Nc2c(C)cccc2Cl)c(O)n1. The van der Waals surface area contributed by atoms with Crippen molar-refractivity contribution in [3.63, 3.8) is 0 Å². The van der Waals surface area contributed by atoms with Crippen LogP contribution in [-0.2, 0) is 0 Å². The number of benzene rings is 1. The van der Waals surface area contributed by atoms with E-state index in [0.29, 0.717) is 15.9 Å². The van der Waals surface area contributed by atoms with Crippen molar-refractivity contribution >= 4 is 35.0 Å². The van der Waals surface area contributed by atoms with Crippen LogP contribution in [0.5, 0.6) is 5.88 Å². The molecule has 7 heteroatoms. The van der Waals surface area contributed by atoms with Crippen molar-refractivity contribution in [1.29, 1.82) is 0 Å². The van der Waals surface area contributed by atoms with Crippen LogP contribution in [0.4, 0.5) is 5.69 Å². The van der Waals surface area contributed by atoms with E-state index < -0.39 is 5.91 Å². The highest BCUT2D eigenvalue weighted by molar-refractivity contribution is 7.98. The molecule has 2 aromatic rings. The van der Waals surface area contributed by atoms with Gasteiger partial charge in [-0.2, -0.15) is 4.98 Å². The van der Waals surface area contributed by atoms with Crippen molar-refractivity contribution in [3.8, 4) is 5.88 Å². The van der Waals surface area contributed by atoms with Crippen LogP contribution in [0.3, 0.4) is 0 Å². The van der Waals surface area contributed by atoms with Gasteiger partial charge in [0.25, 0.3) is 5.91 Å². The second kappa shape index (κ2) is 6.11. The largest absolute Gasteiger partial charge is 0.493 e. The van der Waals surface area contributed by atoms with Gasteiger partial charge in [-0.05, 0) is 24.8 Å². The molecule has 0 saturated carbocycles. The zero-order chi connectivity index (χ0) is 14.7. The first-order valence-electron chi connectivity index (χ1n) is 5.69. The zero-order valence-electron chi connectivity index (χ0n) is 10.8. The number of thioether (sulfide) groups is 1. The van der Waals surface area contributed by atoms with Crippen LogP contribution in [0.15, 0.2) is 29.6 Å². The fraction of sp³-hybridized carbons (Fsp3) is 0.154. The number of anilines is 1. The number of nitrogens with zero attached hydrogens (tertiary/aromatic N) is 2. The van der Waals surface area contributed by atoms with Crippen LogP contribution >= 0.6 is 23.4 Å². The molecule has 1 aromatic carbocycles. The summed E-state index contributed by atoms with van der Waals surface area (Å²) in [5.41, 5.74) is 1.33. The van der Waals surface area contributed by atoms with E-state index in [2.05, 4.69) is 15.3 Å². The molecule has 0 bridgehead atoms. The predicted molar refractivity (Wildman–Crippen MR) is 79.6 cm³/mol. The Labute approximate surface area is 125 Å². The molecule has 0 aliphatic rings. The van der Waals surface area contributed by atoms with Gasteiger partial charge >= 0.3 is 0 Å². The third kappa shape index (κ3) is 3.02. The van der Waals surface area contributed by atoms with Crippen LogP contribution in [0.1, 0.15) is 15.9 Å². The summed E-state index contributed by atoms with van der Waals surface area (Å²) in [6.07, 6.45) is 3.07. The molecule has 20 heavy (non-hydrogen) atoms. The zero-order valence-corrected chi connectivity index (χ0v) is 12.4. The average molecular weight is 310 g/mol. The third-order valence-electron chi connectivity index (χ3n) is 2.63. The number of rotatable bonds is 3. The summed E-state index contributed by atoms with van der Waals surface area (Å²) in [6.45, 7) is 1.83. The number of nitrogens with one attached hydrogen (secondary N) is 1. The van der Waals surface area contributed by atoms with E-state index in [1.807, 2.05) is 13.0 Å². The summed E-state index contributed by atoms with van der Waals surface area (Å²) < 4.78 is 0. The Morgan fingerprint density at radius 3 is 2.80 bits per heavy atom. The summed E-state index contributed by atoms with van der Waals surface area (Å²) in [7, 11) is 0. The third-order valence-corrected chi connectivity index (χ3v) is 3.51. The summed E-state index contributed by atoms with van der Waals surface area (Å²) in [6, 6.07) is 5.30. The minimum atomic E-state index is -0.508. The Morgan fingerprint density at radius 1 is 1.45 bits per heavy atom. The average Bonchev–Trinajstić information content (AvgIpc) is 2.42. The number of carbonyl (C=O) groups is 1. The minimum Gasteiger partial charge on any atom is -0.493 e. The monoisotopic (exact) mass is 309 g/mol. The van der Waals surface area contributed by atoms with Gasteiger partial charge in [0.2, 0.25) is 5.88 Å². The molecule has 2 rings (SSSR count). The Balaban J connectivity index is 2.29. The van der Waals surface area contributed by atoms with Crippen LogP contribution < -0.4 is 5.32 Å². The van der Waals surface area contributed by atoms with E-state index in [1.54, 1.807) is 18.4 Å². The van der Waals surface area contributed by atoms with Gasteiger partial charge in [-0.15, -0.1) is 0 Å². The number of para-hydroxylation sites is 1. The lowest BCUT2D eigenvalue weighted by Gasteiger charge is -2.10. The lowest BCUT2D eigenvalue weighted by Crippen LogP contribution is -2.14. The topological polar surface area (TPSA) is 75.1 Å². The highest BCUT2D eigenvalue weighted by Gasteiger charge is 2.16. The van der Waals surface area contributed by atoms with Gasteiger partial charge < -0.3 is 10.4 Å². The molecule has 0 aliphatic carbocycles. The fourth-order valence-electron chi connectivity index (χ4n) is 1.59. The van der Waals surface area contributed by atoms with Gasteiger partial charge in [0.05, 0.1) is 10.7 Å². The Kier molecular flexibility index (Phi) is 4.46. The number of aryl methyl sites for hydroxylation is 1. The quantitative estimate of drug-likeness (QED) is 0.673. The van der Waals surface area contributed by atoms with Crippen molar-refractivity contribution in [2.75, 3.05) is 11.6 Å². The molecule has 0 saturated heterocycles. The molecule has 104 valence electrons. The summed E-state index contributed by atoms with van der Waals surface area (Å²) >= 11 is 7.31. The molecule has 5 nitrogen and oxygen atoms in total. The van der Waals surface area contributed by atoms with Gasteiger partial charge in [0.1, 0.15) is 5.56 Å². The molecule has 0 fully saturated rings. The second-order valence-electron chi connectivity index (χ2n) is 3.98. The summed E-state index contributed by atoms with van der Waals surface area (Å²) in [4.78, 5) is 19.9. The van der Waals surface area contributed by atoms with Crippen molar-refractivity contribution in [1.82, 2.24) is 9.97 Å². The van der Waals surface area contributed by atoms with Crippen LogP contribution in [0.25, 0.3) is 0 Å². The van der Waals surface area contributed by atoms with Gasteiger partial charge in [0.15, 0.2) is 5.16 Å². The van der Waals surface area contributed by atoms with Crippen molar-refractivity contribution in [2.45, 2.75) is 12.1 Å². The van der Waals surface area contributed by atoms with Crippen LogP contribution in [0, 0.1) is 6.92 Å². The van der Waals surface area contributed by atoms with Gasteiger partial charge in [-0.25, -0.2) is 4.98 Å². The standard InChI is InChI=1S/C13H12ClN3O2S/c1-7-4-3-5-9(14)10(7)16-11(18)8-6-15-13(20-2)17-12(8)19/h3-6H,1-2H3,(H,16,18)(H,15,17,19). The Hall–Kier alpha value is -1.79. The number of amides is 1. The first kappa shape index (κ1) is 14.6. The molecule has 0 atom stereocenters. The molecule has 2 N–H and O–H groups in total. The highest BCUT2D eigenvalue weighted by Crippen LogP contribution is 2.26. The molecule has 0 aliphatic heterocycles. The smallest absolute Gasteiger partial charge is 0.262 e. The fourth-order valence-corrected chi connectivity index (χ4v) is 2.19. The Bertz CT molecular complexity index is 644. The van der Waals surface area contributed by atoms with Gasteiger partial charge in [-0.3, -0.25) is 4.79 Å². The van der Waals surface area contributed by atoms with Crippen LogP contribution in [-0.4, -0.2) is 27.2 Å². The number of carbonyl (C=O) groups excluding carboxylic acids is 1. The maximum atomic E-state index is 12.1. The molecule has 0 spiro atoms. The van der Waals surface area contributed by atoms with E-state index in [0.717, 1.165) is 5.56 Å². The molecule has 1 aromatic heterocycles. The maximum absolute atomic E-state index is 12.1. The van der Waals surface area contributed by atoms with Gasteiger partial charge in [0, 0.05) is 6.20 Å². The van der Waals surface area contributed by atoms with Gasteiger partial charge in [-0.1, -0.05) is 35.5 Å². The number of aromatic nitrogens is 2. The highest BCUT2D eigenvalue weighted by atomic mass is 35.5. The first-order valence-corrected chi connectivity index (χ1v) is 7.29. The van der Waals surface area contributed by atoms with Crippen molar-refractivity contribution in [3.05, 3.63) is 40.5 Å². The molecule has 0 unspecified atom stereocenters. The maximum Gasteiger partial charge on any atom is 0.262 e. The van der Waals surface area contributed by atoms with E-state index >= 15 is 0 Å². The molecule has 1 amide bonds. The van der Waals surface area contributed by atoms with E-state index in [9.17, 15) is 9.90 Å². The predicted octanol–water partition coefficient (Wildman–Crippen LogP) is 3.12. The Morgan fingerprint density at radius 2 is 2.20 bits per heavy atom. The van der Waals surface area contributed by atoms with Crippen LogP contribution in [0.2, 0.25) is 5.02 Å². The summed E-state index contributed by atoms with van der Waals surface area (Å²) in [5.74, 6) is -0.863. The number of halogens is 1. The van der Waals surface area contributed by atoms with Crippen molar-refractivity contribution in [2.24, 2.45) is 0 Å². The molecular weight excluding hydrogens is 298 g/mol. The lowest BCUT2D eigenvalue weighted by atomic mass is 10.2. The normalized spacial score (nSPS) is 10.3. The van der Waals surface area contributed by atoms with Crippen molar-refractivity contribution < 1.29 is 9.90 Å². The van der Waals surface area contributed by atoms with E-state index in [1.165, 1.54) is 18.0 Å². The van der Waals surface area contributed by atoms with E-state index in [-0.39, 0.29) is 11.4 Å². The minimum absolute atomic E-state index is 0.00196. The molecule has 1 heterocycles. The molecule has 0 radical (unpaired) electrons. The number of hydrogen-bond donors (Lipinski definition) is 2. The summed E-state index contributed by atoms with van der Waals surface area (Å²) in [5, 5.41) is 13.2. The lowest BCUT2D eigenvalue weighted by molar-refractivity contribution is 0.102. The molecular formula is C13H12ClN3O2S. The number of hydrogen-bond acceptors (Lipinski definition) is 5. The number of aromatic hydroxyl groups is 1. The van der Waals surface area contributed by atoms with E-state index in [4.69, 9.17) is 11.6 Å². The second-order valence-corrected chi connectivity index (χ2v) is 5.16. The first-order chi connectivity index (χ1) is 9.52.